The van der Waals surface area contributed by atoms with Gasteiger partial charge < -0.3 is 14.2 Å². The van der Waals surface area contributed by atoms with Gasteiger partial charge in [0.1, 0.15) is 30.6 Å². The van der Waals surface area contributed by atoms with Crippen molar-refractivity contribution in [2.45, 2.75) is 31.2 Å². The third-order valence-electron chi connectivity index (χ3n) is 5.00. The molecule has 1 N–H and O–H groups in total. The fraction of sp³-hybridized carbons (Fsp3) is 0.280. The summed E-state index contributed by atoms with van der Waals surface area (Å²) in [6.45, 7) is 5.63. The number of benzene rings is 2. The molecule has 12 heteroatoms. The van der Waals surface area contributed by atoms with E-state index in [9.17, 15) is 18.5 Å². The van der Waals surface area contributed by atoms with Crippen molar-refractivity contribution in [2.24, 2.45) is 0 Å². The minimum Gasteiger partial charge on any atom is -0.493 e. The Bertz CT molecular complexity index is 1420. The largest absolute Gasteiger partial charge is 0.493 e. The summed E-state index contributed by atoms with van der Waals surface area (Å²) in [5.41, 5.74) is 1.45. The van der Waals surface area contributed by atoms with Crippen molar-refractivity contribution in [3.05, 3.63) is 59.2 Å². The monoisotopic (exact) mass is 542 g/mol. The second-order valence-corrected chi connectivity index (χ2v) is 11.2. The molecule has 0 radical (unpaired) electrons. The number of amides is 1. The first-order valence-corrected chi connectivity index (χ1v) is 13.5. The molecule has 0 bridgehead atoms. The Morgan fingerprint density at radius 3 is 2.49 bits per heavy atom. The summed E-state index contributed by atoms with van der Waals surface area (Å²) >= 11 is 0.717. The molecule has 0 spiro atoms. The molecule has 0 saturated carbocycles. The number of hydrogen-bond donors (Lipinski definition) is 1. The Balaban J connectivity index is 1.65. The smallest absolute Gasteiger partial charge is 0.268 e. The summed E-state index contributed by atoms with van der Waals surface area (Å²) < 4.78 is 45.0. The lowest BCUT2D eigenvalue weighted by Crippen LogP contribution is -2.16. The highest BCUT2D eigenvalue weighted by atomic mass is 32.2. The van der Waals surface area contributed by atoms with Gasteiger partial charge in [-0.15, -0.1) is 0 Å². The number of aromatic nitrogens is 2. The van der Waals surface area contributed by atoms with Gasteiger partial charge in [0.15, 0.2) is 11.5 Å². The van der Waals surface area contributed by atoms with Gasteiger partial charge in [-0.25, -0.2) is 8.42 Å². The number of aryl methyl sites for hydroxylation is 1. The average Bonchev–Trinajstić information content (AvgIpc) is 3.35. The molecule has 37 heavy (non-hydrogen) atoms. The van der Waals surface area contributed by atoms with Gasteiger partial charge in [-0.05, 0) is 56.7 Å². The minimum atomic E-state index is -3.68. The summed E-state index contributed by atoms with van der Waals surface area (Å²) in [5.74, 6) is 0.882. The van der Waals surface area contributed by atoms with E-state index in [1.54, 1.807) is 18.2 Å². The molecule has 3 aromatic rings. The fourth-order valence-electron chi connectivity index (χ4n) is 2.91. The van der Waals surface area contributed by atoms with E-state index in [1.165, 1.54) is 27.0 Å². The molecular weight excluding hydrogens is 516 g/mol. The molecule has 0 unspecified atom stereocenters. The van der Waals surface area contributed by atoms with Crippen LogP contribution in [0.5, 0.6) is 17.2 Å². The lowest BCUT2D eigenvalue weighted by atomic mass is 10.1. The van der Waals surface area contributed by atoms with Crippen LogP contribution in [0.4, 0.5) is 5.13 Å². The van der Waals surface area contributed by atoms with Crippen LogP contribution in [0.25, 0.3) is 6.08 Å². The number of sulfone groups is 1. The number of nitrogens with one attached hydrogen (secondary N) is 1. The van der Waals surface area contributed by atoms with Crippen molar-refractivity contribution in [1.29, 1.82) is 5.26 Å². The van der Waals surface area contributed by atoms with Gasteiger partial charge in [0.05, 0.1) is 12.4 Å². The Morgan fingerprint density at radius 1 is 1.14 bits per heavy atom. The van der Waals surface area contributed by atoms with Gasteiger partial charge in [-0.1, -0.05) is 23.8 Å². The van der Waals surface area contributed by atoms with Gasteiger partial charge >= 0.3 is 0 Å². The molecule has 194 valence electrons. The first kappa shape index (κ1) is 27.6. The van der Waals surface area contributed by atoms with E-state index < -0.39 is 21.0 Å². The number of nitriles is 1. The van der Waals surface area contributed by atoms with Crippen molar-refractivity contribution in [3.8, 4) is 23.3 Å². The number of hydrogen-bond acceptors (Lipinski definition) is 10. The lowest BCUT2D eigenvalue weighted by molar-refractivity contribution is -0.112. The van der Waals surface area contributed by atoms with Gasteiger partial charge in [-0.2, -0.15) is 14.6 Å². The second kappa shape index (κ2) is 12.3. The van der Waals surface area contributed by atoms with E-state index in [1.807, 2.05) is 37.3 Å². The number of ether oxygens (including phenoxy) is 3. The first-order valence-electron chi connectivity index (χ1n) is 11.1. The SMILES string of the molecule is COc1cc(C=C(C#N)C(=O)Nc2nc(S(=O)(=O)C(C)C)ns2)ccc1OCCOc1ccc(C)cc1. The van der Waals surface area contributed by atoms with Crippen LogP contribution in [-0.2, 0) is 14.6 Å². The maximum atomic E-state index is 12.6. The van der Waals surface area contributed by atoms with E-state index in [0.29, 0.717) is 23.7 Å². The van der Waals surface area contributed by atoms with Crippen LogP contribution in [0.1, 0.15) is 25.0 Å². The summed E-state index contributed by atoms with van der Waals surface area (Å²) in [7, 11) is -2.20. The van der Waals surface area contributed by atoms with Crippen molar-refractivity contribution in [2.75, 3.05) is 25.6 Å². The predicted molar refractivity (Wildman–Crippen MR) is 140 cm³/mol. The van der Waals surface area contributed by atoms with Crippen LogP contribution in [0.15, 0.2) is 53.2 Å². The van der Waals surface area contributed by atoms with Crippen LogP contribution >= 0.6 is 11.5 Å². The number of rotatable bonds is 11. The van der Waals surface area contributed by atoms with Crippen LogP contribution in [0, 0.1) is 18.3 Å². The third kappa shape index (κ3) is 7.28. The number of methoxy groups -OCH3 is 1. The molecule has 2 aromatic carbocycles. The highest BCUT2D eigenvalue weighted by Gasteiger charge is 2.25. The highest BCUT2D eigenvalue weighted by molar-refractivity contribution is 7.91. The zero-order valence-corrected chi connectivity index (χ0v) is 22.4. The molecule has 0 aliphatic heterocycles. The number of nitrogens with zero attached hydrogens (tertiary/aromatic N) is 3. The van der Waals surface area contributed by atoms with Gasteiger partial charge in [-0.3, -0.25) is 10.1 Å². The van der Waals surface area contributed by atoms with E-state index in [2.05, 4.69) is 14.7 Å². The second-order valence-electron chi connectivity index (χ2n) is 8.02. The van der Waals surface area contributed by atoms with Crippen molar-refractivity contribution in [3.63, 3.8) is 0 Å². The van der Waals surface area contributed by atoms with Crippen LogP contribution in [0.3, 0.4) is 0 Å². The van der Waals surface area contributed by atoms with Gasteiger partial charge in [0.25, 0.3) is 11.1 Å². The first-order chi connectivity index (χ1) is 17.6. The van der Waals surface area contributed by atoms with E-state index in [-0.39, 0.29) is 22.5 Å². The average molecular weight is 543 g/mol. The summed E-state index contributed by atoms with van der Waals surface area (Å²) in [4.78, 5) is 16.5. The predicted octanol–water partition coefficient (Wildman–Crippen LogP) is 4.04. The van der Waals surface area contributed by atoms with Gasteiger partial charge in [0.2, 0.25) is 15.0 Å². The van der Waals surface area contributed by atoms with Gasteiger partial charge in [0, 0.05) is 11.5 Å². The number of carbonyl (C=O) groups excluding carboxylic acids is 1. The summed E-state index contributed by atoms with van der Waals surface area (Å²) in [6, 6.07) is 14.5. The normalized spacial score (nSPS) is 11.6. The van der Waals surface area contributed by atoms with Crippen LogP contribution in [-0.4, -0.2) is 49.3 Å². The zero-order valence-electron chi connectivity index (χ0n) is 20.7. The number of carbonyl (C=O) groups is 1. The molecule has 0 saturated heterocycles. The molecule has 1 amide bonds. The molecule has 0 aliphatic rings. The molecule has 1 heterocycles. The Kier molecular flexibility index (Phi) is 9.21. The quantitative estimate of drug-likeness (QED) is 0.216. The minimum absolute atomic E-state index is 0.0282. The number of anilines is 1. The standard InChI is InChI=1S/C25H26N4O6S2/c1-16(2)37(31,32)25-28-24(36-29-25)27-23(30)19(15-26)13-18-7-10-21(22(14-18)33-4)35-12-11-34-20-8-5-17(3)6-9-20/h5-10,13-14,16H,11-12H2,1-4H3,(H,27,28,29,30). The van der Waals surface area contributed by atoms with Crippen molar-refractivity contribution < 1.29 is 27.4 Å². The lowest BCUT2D eigenvalue weighted by Gasteiger charge is -2.12. The summed E-state index contributed by atoms with van der Waals surface area (Å²) in [6.07, 6.45) is 1.37. The zero-order chi connectivity index (χ0) is 27.0. The van der Waals surface area contributed by atoms with Crippen molar-refractivity contribution >= 4 is 38.5 Å². The summed E-state index contributed by atoms with van der Waals surface area (Å²) in [5, 5.41) is 10.8. The van der Waals surface area contributed by atoms with E-state index in [4.69, 9.17) is 14.2 Å². The Morgan fingerprint density at radius 2 is 1.84 bits per heavy atom. The van der Waals surface area contributed by atoms with E-state index >= 15 is 0 Å². The van der Waals surface area contributed by atoms with Crippen LogP contribution < -0.4 is 19.5 Å². The maximum absolute atomic E-state index is 12.6. The fourth-order valence-corrected chi connectivity index (χ4v) is 4.60. The molecule has 0 atom stereocenters. The van der Waals surface area contributed by atoms with E-state index in [0.717, 1.165) is 22.8 Å². The molecule has 0 fully saturated rings. The Labute approximate surface area is 219 Å². The molecule has 10 nitrogen and oxygen atoms in total. The molecule has 0 aliphatic carbocycles. The Hall–Kier alpha value is -3.95. The third-order valence-corrected chi connectivity index (χ3v) is 7.68. The molecule has 3 rings (SSSR count). The molecular formula is C25H26N4O6S2. The highest BCUT2D eigenvalue weighted by Crippen LogP contribution is 2.29. The molecule has 1 aromatic heterocycles. The van der Waals surface area contributed by atoms with Crippen molar-refractivity contribution in [1.82, 2.24) is 9.36 Å². The van der Waals surface area contributed by atoms with Crippen LogP contribution in [0.2, 0.25) is 0 Å². The maximum Gasteiger partial charge on any atom is 0.268 e. The topological polar surface area (TPSA) is 140 Å².